The predicted molar refractivity (Wildman–Crippen MR) is 331 cm³/mol. The Morgan fingerprint density at radius 3 is 1.85 bits per heavy atom. The number of benzene rings is 2. The number of aromatic nitrogens is 5. The molecule has 3 atom stereocenters. The summed E-state index contributed by atoms with van der Waals surface area (Å²) in [6, 6.07) is 12.0. The molecule has 1 aliphatic carbocycles. The van der Waals surface area contributed by atoms with Crippen molar-refractivity contribution in [2.75, 3.05) is 151 Å². The third-order valence-corrected chi connectivity index (χ3v) is 18.1. The quantitative estimate of drug-likeness (QED) is 0.0204. The standard InChI is InChI=1S/C66H95F5N10O12/c1-49-72-60-47-78(19-14-61(60)81(49)56-44-54-9-10-55(45-56)80(54)20-13-59(50-6-3-2-4-7-50)73-65(84)51-11-16-66(70,71)17-12-51)62(82)8-5-18-76-21-23-77(24-22-76)25-28-86-31-34-89-38-39-91-40-41-92-48-53-46-79(75-74-53)26-29-87-32-35-90-37-36-88-33-30-85-27-15-63(83)93-64-57(68)42-52(67)43-58(64)69/h2-4,6-7,42-43,46,51,54-56,59H,5,8-41,44-45,47-48H2,1H3,(H,73,84)/t54?,55?,56?,59-/m0/s1. The van der Waals surface area contributed by atoms with Crippen molar-refractivity contribution in [2.24, 2.45) is 5.92 Å². The minimum absolute atomic E-state index is 0.0489. The van der Waals surface area contributed by atoms with E-state index in [1.807, 2.05) is 23.1 Å². The summed E-state index contributed by atoms with van der Waals surface area (Å²) < 4.78 is 121. The Labute approximate surface area is 542 Å². The first-order chi connectivity index (χ1) is 45.2. The Morgan fingerprint density at radius 2 is 1.23 bits per heavy atom. The van der Waals surface area contributed by atoms with Crippen LogP contribution >= 0.6 is 0 Å². The molecule has 6 heterocycles. The van der Waals surface area contributed by atoms with Crippen LogP contribution in [0.15, 0.2) is 48.7 Å². The van der Waals surface area contributed by atoms with E-state index in [9.17, 15) is 36.3 Å². The molecule has 9 rings (SSSR count). The Morgan fingerprint density at radius 1 is 0.656 bits per heavy atom. The second kappa shape index (κ2) is 37.6. The SMILES string of the molecule is Cc1nc2c(n1C1CC3CCC(C1)N3CC[C@H](NC(=O)C1CCC(F)(F)CC1)c1ccccc1)CCN(C(=O)CCCN1CCN(CCOCCOCCOCCOCc3cn(CCOCCOCCOCCOCCC(=O)Oc4c(F)cc(F)cc4F)nn3)CC1)C2. The molecule has 1 N–H and O–H groups in total. The van der Waals surface area contributed by atoms with Crippen molar-refractivity contribution in [1.82, 2.24) is 49.5 Å². The number of hydrogen-bond acceptors (Lipinski definition) is 18. The molecule has 2 amide bonds. The summed E-state index contributed by atoms with van der Waals surface area (Å²) in [7, 11) is 0. The Bertz CT molecular complexity index is 2860. The van der Waals surface area contributed by atoms with Crippen LogP contribution < -0.4 is 10.1 Å². The summed E-state index contributed by atoms with van der Waals surface area (Å²) in [5.74, 6) is -7.48. The van der Waals surface area contributed by atoms with Crippen LogP contribution in [0.2, 0.25) is 0 Å². The molecule has 4 aromatic rings. The number of ether oxygens (including phenoxy) is 9. The lowest BCUT2D eigenvalue weighted by atomic mass is 9.86. The number of nitrogens with zero attached hydrogens (tertiary/aromatic N) is 9. The van der Waals surface area contributed by atoms with E-state index in [0.717, 1.165) is 114 Å². The maximum absolute atomic E-state index is 13.9. The zero-order chi connectivity index (χ0) is 65.2. The van der Waals surface area contributed by atoms with Gasteiger partial charge in [-0.3, -0.25) is 24.2 Å². The summed E-state index contributed by atoms with van der Waals surface area (Å²) in [6.45, 7) is 16.4. The van der Waals surface area contributed by atoms with Crippen LogP contribution in [-0.2, 0) is 78.4 Å². The normalized spacial score (nSPS) is 19.9. The molecule has 93 heavy (non-hydrogen) atoms. The number of alkyl halides is 2. The molecule has 2 aromatic carbocycles. The smallest absolute Gasteiger partial charge is 0.313 e. The molecular weight excluding hydrogens is 1220 g/mol. The number of fused-ring (bicyclic) bond motifs is 3. The number of amides is 2. The highest BCUT2D eigenvalue weighted by molar-refractivity contribution is 5.79. The first kappa shape index (κ1) is 71.7. The number of carbonyl (C=O) groups excluding carboxylic acids is 3. The van der Waals surface area contributed by atoms with Gasteiger partial charge >= 0.3 is 5.97 Å². The van der Waals surface area contributed by atoms with Gasteiger partial charge in [-0.15, -0.1) is 5.10 Å². The van der Waals surface area contributed by atoms with Crippen molar-refractivity contribution in [3.05, 3.63) is 94.6 Å². The van der Waals surface area contributed by atoms with Crippen molar-refractivity contribution in [3.63, 3.8) is 0 Å². The van der Waals surface area contributed by atoms with Gasteiger partial charge in [0.2, 0.25) is 23.5 Å². The molecule has 22 nitrogen and oxygen atoms in total. The molecule has 4 fully saturated rings. The zero-order valence-corrected chi connectivity index (χ0v) is 53.9. The molecule has 0 spiro atoms. The number of imidazole rings is 1. The minimum Gasteiger partial charge on any atom is -0.420 e. The molecule has 3 saturated heterocycles. The topological polar surface area (TPSA) is 208 Å². The van der Waals surface area contributed by atoms with Crippen molar-refractivity contribution in [1.29, 1.82) is 0 Å². The maximum Gasteiger partial charge on any atom is 0.313 e. The van der Waals surface area contributed by atoms with Crippen LogP contribution in [0.4, 0.5) is 22.0 Å². The van der Waals surface area contributed by atoms with E-state index >= 15 is 0 Å². The fourth-order valence-corrected chi connectivity index (χ4v) is 13.2. The summed E-state index contributed by atoms with van der Waals surface area (Å²) in [5.41, 5.74) is 4.09. The lowest BCUT2D eigenvalue weighted by Crippen LogP contribution is -2.47. The Kier molecular flexibility index (Phi) is 29.0. The molecule has 27 heteroatoms. The van der Waals surface area contributed by atoms with Crippen LogP contribution in [-0.4, -0.2) is 231 Å². The average molecular weight is 1320 g/mol. The van der Waals surface area contributed by atoms with Gasteiger partial charge in [-0.05, 0) is 70.4 Å². The number of aryl methyl sites for hydroxylation is 1. The Balaban J connectivity index is 0.523. The average Bonchev–Trinajstić information content (AvgIpc) is 1.65. The van der Waals surface area contributed by atoms with E-state index in [1.165, 1.54) is 5.69 Å². The molecule has 4 aliphatic heterocycles. The van der Waals surface area contributed by atoms with E-state index in [-0.39, 0.29) is 75.7 Å². The molecule has 516 valence electrons. The largest absolute Gasteiger partial charge is 0.420 e. The van der Waals surface area contributed by atoms with E-state index in [4.69, 9.17) is 42.9 Å². The second-order valence-electron chi connectivity index (χ2n) is 24.6. The molecule has 2 bridgehead atoms. The molecule has 2 unspecified atom stereocenters. The maximum atomic E-state index is 13.9. The van der Waals surface area contributed by atoms with Crippen LogP contribution in [0.5, 0.6) is 5.75 Å². The monoisotopic (exact) mass is 1310 g/mol. The fraction of sp³-hybridized carbons (Fsp3) is 0.697. The van der Waals surface area contributed by atoms with Crippen molar-refractivity contribution in [3.8, 4) is 5.75 Å². The van der Waals surface area contributed by atoms with E-state index in [2.05, 4.69) is 58.7 Å². The molecule has 1 saturated carbocycles. The van der Waals surface area contributed by atoms with E-state index < -0.39 is 35.1 Å². The van der Waals surface area contributed by atoms with E-state index in [1.54, 1.807) is 10.9 Å². The number of rotatable bonds is 41. The van der Waals surface area contributed by atoms with Crippen LogP contribution in [0.1, 0.15) is 118 Å². The first-order valence-corrected chi connectivity index (χ1v) is 33.4. The number of halogens is 5. The van der Waals surface area contributed by atoms with Crippen LogP contribution in [0, 0.1) is 30.3 Å². The van der Waals surface area contributed by atoms with Crippen LogP contribution in [0.3, 0.4) is 0 Å². The highest BCUT2D eigenvalue weighted by atomic mass is 19.3. The lowest BCUT2D eigenvalue weighted by molar-refractivity contribution is -0.136. The number of piperazine rings is 1. The van der Waals surface area contributed by atoms with Gasteiger partial charge in [0.1, 0.15) is 17.3 Å². The number of nitrogens with one attached hydrogen (secondary N) is 1. The van der Waals surface area contributed by atoms with Gasteiger partial charge in [0, 0.05) is 113 Å². The Hall–Kier alpha value is -5.59. The number of hydrogen-bond donors (Lipinski definition) is 1. The van der Waals surface area contributed by atoms with Gasteiger partial charge in [0.05, 0.1) is 143 Å². The molecule has 0 radical (unpaired) electrons. The van der Waals surface area contributed by atoms with Gasteiger partial charge in [0.25, 0.3) is 0 Å². The minimum atomic E-state index is -2.67. The summed E-state index contributed by atoms with van der Waals surface area (Å²) in [4.78, 5) is 53.4. The summed E-state index contributed by atoms with van der Waals surface area (Å²) in [5, 5.41) is 11.5. The first-order valence-electron chi connectivity index (χ1n) is 33.4. The molecule has 2 aromatic heterocycles. The van der Waals surface area contributed by atoms with Gasteiger partial charge in [0.15, 0.2) is 11.6 Å². The number of esters is 1. The summed E-state index contributed by atoms with van der Waals surface area (Å²) >= 11 is 0. The van der Waals surface area contributed by atoms with Gasteiger partial charge < -0.3 is 62.3 Å². The highest BCUT2D eigenvalue weighted by Gasteiger charge is 2.43. The van der Waals surface area contributed by atoms with Gasteiger partial charge in [-0.25, -0.2) is 31.6 Å². The zero-order valence-electron chi connectivity index (χ0n) is 53.9. The molecule has 5 aliphatic rings. The fourth-order valence-electron chi connectivity index (χ4n) is 13.2. The van der Waals surface area contributed by atoms with Crippen molar-refractivity contribution >= 4 is 17.8 Å². The number of carbonyl (C=O) groups is 3. The summed E-state index contributed by atoms with van der Waals surface area (Å²) in [6.07, 6.45) is 8.95. The third kappa shape index (κ3) is 23.1. The van der Waals surface area contributed by atoms with Crippen molar-refractivity contribution < 1.29 is 79.0 Å². The lowest BCUT2D eigenvalue weighted by Gasteiger charge is -2.41. The predicted octanol–water partition coefficient (Wildman–Crippen LogP) is 7.05. The van der Waals surface area contributed by atoms with E-state index in [0.29, 0.717) is 141 Å². The van der Waals surface area contributed by atoms with Crippen LogP contribution in [0.25, 0.3) is 0 Å². The van der Waals surface area contributed by atoms with Gasteiger partial charge in [-0.1, -0.05) is 35.5 Å². The van der Waals surface area contributed by atoms with Crippen molar-refractivity contribution in [2.45, 2.75) is 140 Å². The molecular formula is C66H95F5N10O12. The third-order valence-electron chi connectivity index (χ3n) is 18.1. The second-order valence-corrected chi connectivity index (χ2v) is 24.6. The highest BCUT2D eigenvalue weighted by Crippen LogP contribution is 2.43. The number of piperidine rings is 1. The van der Waals surface area contributed by atoms with Gasteiger partial charge in [-0.2, -0.15) is 0 Å².